The topological polar surface area (TPSA) is 63.5 Å². The van der Waals surface area contributed by atoms with E-state index in [0.717, 1.165) is 21.1 Å². The highest BCUT2D eigenvalue weighted by Gasteiger charge is 2.12. The number of nitrogens with one attached hydrogen (secondary N) is 1. The molecule has 0 atom stereocenters. The van der Waals surface area contributed by atoms with Gasteiger partial charge in [0.15, 0.2) is 5.43 Å². The molecule has 29 heavy (non-hydrogen) atoms. The molecular formula is C23H18BrN3O2. The summed E-state index contributed by atoms with van der Waals surface area (Å²) in [4.78, 5) is 25.4. The number of nitrogens with zero attached hydrogens (tertiary/aromatic N) is 2. The number of amides is 1. The summed E-state index contributed by atoms with van der Waals surface area (Å²) >= 11 is 3.40. The quantitative estimate of drug-likeness (QED) is 0.285. The van der Waals surface area contributed by atoms with Gasteiger partial charge in [-0.2, -0.15) is 5.10 Å². The number of halogens is 1. The van der Waals surface area contributed by atoms with Crippen molar-refractivity contribution in [1.29, 1.82) is 0 Å². The van der Waals surface area contributed by atoms with Crippen molar-refractivity contribution in [3.8, 4) is 0 Å². The number of fused-ring (bicyclic) bond motifs is 2. The van der Waals surface area contributed by atoms with Gasteiger partial charge in [-0.25, -0.2) is 5.43 Å². The Kier molecular flexibility index (Phi) is 5.27. The molecule has 0 aliphatic rings. The van der Waals surface area contributed by atoms with Crippen LogP contribution in [0.4, 0.5) is 0 Å². The SMILES string of the molecule is C/C(=N/NC(=O)Cn1c2ccccc2c(=O)c2ccccc21)c1ccc(Br)cc1. The molecule has 5 nitrogen and oxygen atoms in total. The molecule has 4 rings (SSSR count). The van der Waals surface area contributed by atoms with E-state index in [-0.39, 0.29) is 17.9 Å². The summed E-state index contributed by atoms with van der Waals surface area (Å²) in [6.07, 6.45) is 0. The number of para-hydroxylation sites is 2. The number of carbonyl (C=O) groups excluding carboxylic acids is 1. The average molecular weight is 448 g/mol. The highest BCUT2D eigenvalue weighted by molar-refractivity contribution is 9.10. The van der Waals surface area contributed by atoms with Gasteiger partial charge in [0.2, 0.25) is 0 Å². The average Bonchev–Trinajstić information content (AvgIpc) is 2.75. The Hall–Kier alpha value is -3.25. The van der Waals surface area contributed by atoms with E-state index in [1.54, 1.807) is 12.1 Å². The van der Waals surface area contributed by atoms with Gasteiger partial charge < -0.3 is 4.57 Å². The van der Waals surface area contributed by atoms with E-state index in [9.17, 15) is 9.59 Å². The fraction of sp³-hybridized carbons (Fsp3) is 0.0870. The minimum Gasteiger partial charge on any atom is -0.331 e. The lowest BCUT2D eigenvalue weighted by Gasteiger charge is -2.14. The number of hydrazone groups is 1. The van der Waals surface area contributed by atoms with Crippen molar-refractivity contribution in [2.24, 2.45) is 5.10 Å². The van der Waals surface area contributed by atoms with Crippen LogP contribution in [0.1, 0.15) is 12.5 Å². The largest absolute Gasteiger partial charge is 0.331 e. The van der Waals surface area contributed by atoms with Crippen LogP contribution in [0.5, 0.6) is 0 Å². The number of rotatable bonds is 4. The lowest BCUT2D eigenvalue weighted by atomic mass is 10.1. The van der Waals surface area contributed by atoms with Gasteiger partial charge in [-0.05, 0) is 48.9 Å². The van der Waals surface area contributed by atoms with E-state index in [1.165, 1.54) is 0 Å². The van der Waals surface area contributed by atoms with Gasteiger partial charge in [0.05, 0.1) is 16.7 Å². The Balaban J connectivity index is 1.67. The molecule has 1 heterocycles. The zero-order chi connectivity index (χ0) is 20.4. The summed E-state index contributed by atoms with van der Waals surface area (Å²) in [5.41, 5.74) is 5.67. The van der Waals surface area contributed by atoms with Gasteiger partial charge in [-0.1, -0.05) is 52.3 Å². The van der Waals surface area contributed by atoms with E-state index in [4.69, 9.17) is 0 Å². The molecular weight excluding hydrogens is 430 g/mol. The smallest absolute Gasteiger partial charge is 0.260 e. The van der Waals surface area contributed by atoms with Crippen molar-refractivity contribution in [3.05, 3.63) is 93.1 Å². The van der Waals surface area contributed by atoms with Gasteiger partial charge in [0.1, 0.15) is 6.54 Å². The van der Waals surface area contributed by atoms with Crippen LogP contribution in [0.25, 0.3) is 21.8 Å². The van der Waals surface area contributed by atoms with Crippen molar-refractivity contribution < 1.29 is 4.79 Å². The lowest BCUT2D eigenvalue weighted by Crippen LogP contribution is -2.25. The van der Waals surface area contributed by atoms with Gasteiger partial charge in [0, 0.05) is 15.2 Å². The molecule has 0 bridgehead atoms. The summed E-state index contributed by atoms with van der Waals surface area (Å²) < 4.78 is 2.83. The summed E-state index contributed by atoms with van der Waals surface area (Å²) in [6, 6.07) is 22.4. The second kappa shape index (κ2) is 8.01. The molecule has 0 aliphatic heterocycles. The standard InChI is InChI=1S/C23H18BrN3O2/c1-15(16-10-12-17(24)13-11-16)25-26-22(28)14-27-20-8-4-2-6-18(20)23(29)19-7-3-5-9-21(19)27/h2-13H,14H2,1H3,(H,26,28)/b25-15-. The zero-order valence-corrected chi connectivity index (χ0v) is 17.3. The lowest BCUT2D eigenvalue weighted by molar-refractivity contribution is -0.121. The Labute approximate surface area is 175 Å². The summed E-state index contributed by atoms with van der Waals surface area (Å²) in [5, 5.41) is 5.41. The molecule has 6 heteroatoms. The molecule has 1 amide bonds. The number of pyridine rings is 1. The molecule has 0 aliphatic carbocycles. The van der Waals surface area contributed by atoms with Crippen LogP contribution < -0.4 is 10.9 Å². The molecule has 0 spiro atoms. The third kappa shape index (κ3) is 3.84. The van der Waals surface area contributed by atoms with Gasteiger partial charge >= 0.3 is 0 Å². The second-order valence-corrected chi connectivity index (χ2v) is 7.60. The van der Waals surface area contributed by atoms with Crippen molar-refractivity contribution >= 4 is 49.4 Å². The highest BCUT2D eigenvalue weighted by atomic mass is 79.9. The molecule has 1 aromatic heterocycles. The van der Waals surface area contributed by atoms with Crippen LogP contribution in [0, 0.1) is 0 Å². The first-order valence-electron chi connectivity index (χ1n) is 9.14. The molecule has 0 radical (unpaired) electrons. The van der Waals surface area contributed by atoms with Gasteiger partial charge in [-0.3, -0.25) is 9.59 Å². The van der Waals surface area contributed by atoms with E-state index in [1.807, 2.05) is 72.2 Å². The predicted molar refractivity (Wildman–Crippen MR) is 120 cm³/mol. The second-order valence-electron chi connectivity index (χ2n) is 6.69. The number of benzene rings is 3. The Morgan fingerprint density at radius 2 is 1.48 bits per heavy atom. The minimum atomic E-state index is -0.264. The van der Waals surface area contributed by atoms with Crippen LogP contribution in [0.3, 0.4) is 0 Å². The van der Waals surface area contributed by atoms with Crippen molar-refractivity contribution in [3.63, 3.8) is 0 Å². The minimum absolute atomic E-state index is 0.0306. The Morgan fingerprint density at radius 3 is 2.07 bits per heavy atom. The summed E-state index contributed by atoms with van der Waals surface area (Å²) in [7, 11) is 0. The third-order valence-electron chi connectivity index (χ3n) is 4.79. The molecule has 3 aromatic carbocycles. The monoisotopic (exact) mass is 447 g/mol. The van der Waals surface area contributed by atoms with E-state index in [0.29, 0.717) is 16.5 Å². The maximum Gasteiger partial charge on any atom is 0.260 e. The maximum atomic E-state index is 12.8. The summed E-state index contributed by atoms with van der Waals surface area (Å²) in [5.74, 6) is -0.264. The van der Waals surface area contributed by atoms with Gasteiger partial charge in [-0.15, -0.1) is 0 Å². The Bertz CT molecular complexity index is 1250. The van der Waals surface area contributed by atoms with Crippen LogP contribution in [0.2, 0.25) is 0 Å². The zero-order valence-electron chi connectivity index (χ0n) is 15.7. The molecule has 0 fully saturated rings. The van der Waals surface area contributed by atoms with Crippen LogP contribution in [-0.4, -0.2) is 16.2 Å². The predicted octanol–water partition coefficient (Wildman–Crippen LogP) is 4.46. The number of aromatic nitrogens is 1. The van der Waals surface area contributed by atoms with E-state index >= 15 is 0 Å². The first-order chi connectivity index (χ1) is 14.0. The van der Waals surface area contributed by atoms with E-state index in [2.05, 4.69) is 26.5 Å². The van der Waals surface area contributed by atoms with Crippen LogP contribution >= 0.6 is 15.9 Å². The van der Waals surface area contributed by atoms with Gasteiger partial charge in [0.25, 0.3) is 5.91 Å². The van der Waals surface area contributed by atoms with Crippen molar-refractivity contribution in [2.75, 3.05) is 0 Å². The van der Waals surface area contributed by atoms with Crippen molar-refractivity contribution in [1.82, 2.24) is 9.99 Å². The molecule has 4 aromatic rings. The molecule has 0 saturated heterocycles. The summed E-state index contributed by atoms with van der Waals surface area (Å²) in [6.45, 7) is 1.89. The van der Waals surface area contributed by atoms with Crippen molar-refractivity contribution in [2.45, 2.75) is 13.5 Å². The molecule has 1 N–H and O–H groups in total. The number of carbonyl (C=O) groups is 1. The number of hydrogen-bond acceptors (Lipinski definition) is 3. The fourth-order valence-electron chi connectivity index (χ4n) is 3.33. The first kappa shape index (κ1) is 19.1. The van der Waals surface area contributed by atoms with Crippen LogP contribution in [0.15, 0.2) is 87.2 Å². The fourth-order valence-corrected chi connectivity index (χ4v) is 3.59. The highest BCUT2D eigenvalue weighted by Crippen LogP contribution is 2.19. The Morgan fingerprint density at radius 1 is 0.931 bits per heavy atom. The van der Waals surface area contributed by atoms with E-state index < -0.39 is 0 Å². The maximum absolute atomic E-state index is 12.8. The third-order valence-corrected chi connectivity index (χ3v) is 5.32. The molecule has 144 valence electrons. The number of hydrogen-bond donors (Lipinski definition) is 1. The van der Waals surface area contributed by atoms with Crippen LogP contribution in [-0.2, 0) is 11.3 Å². The first-order valence-corrected chi connectivity index (χ1v) is 9.93. The molecule has 0 saturated carbocycles. The normalized spacial score (nSPS) is 11.7. The molecule has 0 unspecified atom stereocenters.